The molecule has 2 aromatic heterocycles. The first-order valence-corrected chi connectivity index (χ1v) is 10.1. The van der Waals surface area contributed by atoms with Gasteiger partial charge in [-0.25, -0.2) is 9.37 Å². The molecule has 1 aliphatic heterocycles. The second-order valence-corrected chi connectivity index (χ2v) is 8.28. The maximum absolute atomic E-state index is 13.1. The zero-order chi connectivity index (χ0) is 20.9. The van der Waals surface area contributed by atoms with E-state index in [-0.39, 0.29) is 17.0 Å². The summed E-state index contributed by atoms with van der Waals surface area (Å²) in [6.07, 6.45) is 3.66. The molecule has 1 fully saturated rings. The van der Waals surface area contributed by atoms with Crippen LogP contribution in [0.3, 0.4) is 0 Å². The Labute approximate surface area is 174 Å². The summed E-state index contributed by atoms with van der Waals surface area (Å²) in [6, 6.07) is 12.9. The Balaban J connectivity index is 1.45. The number of likely N-dealkylation sites (tertiary alicyclic amines) is 1. The number of aliphatic hydroxyl groups excluding tert-OH is 1. The Morgan fingerprint density at radius 3 is 2.87 bits per heavy atom. The molecule has 30 heavy (non-hydrogen) atoms. The third kappa shape index (κ3) is 2.99. The molecule has 5 nitrogen and oxygen atoms in total. The van der Waals surface area contributed by atoms with Gasteiger partial charge in [-0.15, -0.1) is 0 Å². The number of aryl methyl sites for hydroxylation is 1. The van der Waals surface area contributed by atoms with Crippen molar-refractivity contribution in [2.24, 2.45) is 0 Å². The molecule has 1 aliphatic carbocycles. The van der Waals surface area contributed by atoms with E-state index in [1.165, 1.54) is 12.1 Å². The van der Waals surface area contributed by atoms with Crippen LogP contribution < -0.4 is 0 Å². The van der Waals surface area contributed by atoms with Crippen molar-refractivity contribution >= 4 is 5.91 Å². The third-order valence-corrected chi connectivity index (χ3v) is 6.47. The lowest BCUT2D eigenvalue weighted by atomic mass is 9.80. The van der Waals surface area contributed by atoms with Crippen molar-refractivity contribution < 1.29 is 14.3 Å². The van der Waals surface area contributed by atoms with E-state index in [1.807, 2.05) is 19.1 Å². The maximum atomic E-state index is 13.1. The molecule has 0 saturated carbocycles. The van der Waals surface area contributed by atoms with E-state index in [0.29, 0.717) is 19.5 Å². The van der Waals surface area contributed by atoms with E-state index in [4.69, 9.17) is 0 Å². The molecule has 0 radical (unpaired) electrons. The summed E-state index contributed by atoms with van der Waals surface area (Å²) >= 11 is 0. The van der Waals surface area contributed by atoms with Crippen LogP contribution in [0, 0.1) is 12.7 Å². The monoisotopic (exact) mass is 403 g/mol. The number of halogens is 1. The Morgan fingerprint density at radius 2 is 2.10 bits per heavy atom. The van der Waals surface area contributed by atoms with E-state index >= 15 is 0 Å². The quantitative estimate of drug-likeness (QED) is 0.707. The number of aromatic nitrogens is 2. The molecule has 1 amide bonds. The van der Waals surface area contributed by atoms with Gasteiger partial charge in [0.05, 0.1) is 12.3 Å². The zero-order valence-corrected chi connectivity index (χ0v) is 16.7. The predicted molar refractivity (Wildman–Crippen MR) is 110 cm³/mol. The van der Waals surface area contributed by atoms with Crippen LogP contribution in [0.1, 0.15) is 46.3 Å². The Morgan fingerprint density at radius 1 is 1.23 bits per heavy atom. The first-order chi connectivity index (χ1) is 14.5. The number of pyridine rings is 2. The summed E-state index contributed by atoms with van der Waals surface area (Å²) in [5.41, 5.74) is 5.08. The highest BCUT2D eigenvalue weighted by Gasteiger charge is 2.48. The standard InChI is InChI=1S/C24H22FN3O2/c1-15-18(3-2-9-26-15)16-4-6-20-19(11-16)22(29)12-24(20)8-10-28(14-24)23(30)21-7-5-17(25)13-27-21/h2-7,9,11,13,22,29H,8,10,12,14H2,1H3. The Kier molecular flexibility index (Phi) is 4.40. The van der Waals surface area contributed by atoms with Crippen LogP contribution in [0.15, 0.2) is 54.9 Å². The van der Waals surface area contributed by atoms with Gasteiger partial charge in [-0.2, -0.15) is 0 Å². The molecule has 0 bridgehead atoms. The molecule has 2 unspecified atom stereocenters. The normalized spacial score (nSPS) is 22.5. The Bertz CT molecular complexity index is 1130. The van der Waals surface area contributed by atoms with Crippen LogP contribution in [0.2, 0.25) is 0 Å². The fraction of sp³-hybridized carbons (Fsp3) is 0.292. The lowest BCUT2D eigenvalue weighted by Crippen LogP contribution is -2.33. The first kappa shape index (κ1) is 18.9. The third-order valence-electron chi connectivity index (χ3n) is 6.47. The summed E-state index contributed by atoms with van der Waals surface area (Å²) < 4.78 is 13.1. The highest BCUT2D eigenvalue weighted by atomic mass is 19.1. The fourth-order valence-electron chi connectivity index (χ4n) is 4.96. The van der Waals surface area contributed by atoms with Gasteiger partial charge in [0.15, 0.2) is 0 Å². The molecule has 2 atom stereocenters. The van der Waals surface area contributed by atoms with Crippen LogP contribution in [0.25, 0.3) is 11.1 Å². The summed E-state index contributed by atoms with van der Waals surface area (Å²) in [4.78, 5) is 22.9. The van der Waals surface area contributed by atoms with Crippen molar-refractivity contribution in [3.05, 3.63) is 83.2 Å². The molecule has 3 heterocycles. The van der Waals surface area contributed by atoms with Crippen molar-refractivity contribution in [1.29, 1.82) is 0 Å². The topological polar surface area (TPSA) is 66.3 Å². The molecular weight excluding hydrogens is 381 g/mol. The molecule has 1 aromatic carbocycles. The number of hydrogen-bond donors (Lipinski definition) is 1. The largest absolute Gasteiger partial charge is 0.388 e. The molecule has 2 aliphatic rings. The zero-order valence-electron chi connectivity index (χ0n) is 16.7. The smallest absolute Gasteiger partial charge is 0.272 e. The second-order valence-electron chi connectivity index (χ2n) is 8.28. The number of amides is 1. The van der Waals surface area contributed by atoms with Gasteiger partial charge in [-0.3, -0.25) is 9.78 Å². The van der Waals surface area contributed by atoms with Gasteiger partial charge in [-0.05, 0) is 60.7 Å². The van der Waals surface area contributed by atoms with Crippen LogP contribution in [0.4, 0.5) is 4.39 Å². The van der Waals surface area contributed by atoms with Crippen molar-refractivity contribution in [2.45, 2.75) is 31.3 Å². The maximum Gasteiger partial charge on any atom is 0.272 e. The average Bonchev–Trinajstić information content (AvgIpc) is 3.30. The van der Waals surface area contributed by atoms with E-state index in [1.54, 1.807) is 11.1 Å². The minimum absolute atomic E-state index is 0.197. The average molecular weight is 403 g/mol. The molecule has 1 N–H and O–H groups in total. The highest BCUT2D eigenvalue weighted by molar-refractivity contribution is 5.92. The van der Waals surface area contributed by atoms with E-state index in [0.717, 1.165) is 40.6 Å². The molecule has 5 rings (SSSR count). The van der Waals surface area contributed by atoms with Gasteiger partial charge in [0.1, 0.15) is 11.5 Å². The van der Waals surface area contributed by atoms with Gasteiger partial charge < -0.3 is 10.0 Å². The molecule has 152 valence electrons. The number of aliphatic hydroxyl groups is 1. The van der Waals surface area contributed by atoms with Crippen LogP contribution in [0.5, 0.6) is 0 Å². The van der Waals surface area contributed by atoms with Crippen molar-refractivity contribution in [3.8, 4) is 11.1 Å². The second kappa shape index (κ2) is 6.99. The number of rotatable bonds is 2. The summed E-state index contributed by atoms with van der Waals surface area (Å²) in [7, 11) is 0. The van der Waals surface area contributed by atoms with Gasteiger partial charge >= 0.3 is 0 Å². The van der Waals surface area contributed by atoms with E-state index in [9.17, 15) is 14.3 Å². The molecule has 1 spiro atoms. The number of carbonyl (C=O) groups excluding carboxylic acids is 1. The number of fused-ring (bicyclic) bond motifs is 2. The first-order valence-electron chi connectivity index (χ1n) is 10.1. The lowest BCUT2D eigenvalue weighted by Gasteiger charge is -2.25. The summed E-state index contributed by atoms with van der Waals surface area (Å²) in [5.74, 6) is -0.658. The van der Waals surface area contributed by atoms with Crippen molar-refractivity contribution in [2.75, 3.05) is 13.1 Å². The van der Waals surface area contributed by atoms with Crippen LogP contribution >= 0.6 is 0 Å². The Hall–Kier alpha value is -3.12. The highest BCUT2D eigenvalue weighted by Crippen LogP contribution is 2.51. The van der Waals surface area contributed by atoms with E-state index < -0.39 is 11.9 Å². The minimum Gasteiger partial charge on any atom is -0.388 e. The number of benzene rings is 1. The van der Waals surface area contributed by atoms with Gasteiger partial charge in [0.2, 0.25) is 0 Å². The molecule has 6 heteroatoms. The number of carbonyl (C=O) groups is 1. The number of hydrogen-bond acceptors (Lipinski definition) is 4. The van der Waals surface area contributed by atoms with Gasteiger partial charge in [-0.1, -0.05) is 18.2 Å². The molecular formula is C24H22FN3O2. The van der Waals surface area contributed by atoms with Crippen LogP contribution in [-0.2, 0) is 5.41 Å². The van der Waals surface area contributed by atoms with Gasteiger partial charge in [0, 0.05) is 36.0 Å². The van der Waals surface area contributed by atoms with Crippen molar-refractivity contribution in [1.82, 2.24) is 14.9 Å². The fourth-order valence-corrected chi connectivity index (χ4v) is 4.96. The number of nitrogens with zero attached hydrogens (tertiary/aromatic N) is 3. The van der Waals surface area contributed by atoms with Crippen molar-refractivity contribution in [3.63, 3.8) is 0 Å². The SMILES string of the molecule is Cc1ncccc1-c1ccc2c(c1)C(O)CC21CCN(C(=O)c2ccc(F)cn2)C1. The lowest BCUT2D eigenvalue weighted by molar-refractivity contribution is 0.0770. The summed E-state index contributed by atoms with van der Waals surface area (Å²) in [5, 5.41) is 10.8. The molecule has 1 saturated heterocycles. The van der Waals surface area contributed by atoms with E-state index in [2.05, 4.69) is 28.2 Å². The van der Waals surface area contributed by atoms with Crippen LogP contribution in [-0.4, -0.2) is 39.0 Å². The summed E-state index contributed by atoms with van der Waals surface area (Å²) in [6.45, 7) is 3.10. The minimum atomic E-state index is -0.559. The predicted octanol–water partition coefficient (Wildman–Crippen LogP) is 3.81. The molecule has 3 aromatic rings. The van der Waals surface area contributed by atoms with Gasteiger partial charge in [0.25, 0.3) is 5.91 Å².